The summed E-state index contributed by atoms with van der Waals surface area (Å²) >= 11 is 0. The molecule has 0 spiro atoms. The summed E-state index contributed by atoms with van der Waals surface area (Å²) in [5.41, 5.74) is 9.97. The van der Waals surface area contributed by atoms with Crippen molar-refractivity contribution in [3.05, 3.63) is 47.4 Å². The molecule has 0 fully saturated rings. The highest BCUT2D eigenvalue weighted by Gasteiger charge is 2.00. The Hall–Kier alpha value is -2.10. The molecule has 0 aliphatic heterocycles. The van der Waals surface area contributed by atoms with Crippen LogP contribution < -0.4 is 11.1 Å². The van der Waals surface area contributed by atoms with Crippen LogP contribution in [0.2, 0.25) is 0 Å². The first-order chi connectivity index (χ1) is 8.15. The number of hydrogen-bond acceptors (Lipinski definition) is 4. The standard InChI is InChI=1S/C13H16N4/c1-9-6-17-13(14)5-11(9)7-16-12-4-3-10(2)15-8-12/h3-6,8,16H,7H2,1-2H3,(H2,14,17). The van der Waals surface area contributed by atoms with E-state index in [1.165, 1.54) is 0 Å². The van der Waals surface area contributed by atoms with E-state index in [0.717, 1.165) is 29.1 Å². The summed E-state index contributed by atoms with van der Waals surface area (Å²) in [5.74, 6) is 0.550. The molecule has 4 heteroatoms. The van der Waals surface area contributed by atoms with E-state index in [1.807, 2.05) is 38.2 Å². The molecule has 0 radical (unpaired) electrons. The molecule has 2 rings (SSSR count). The number of aryl methyl sites for hydroxylation is 2. The van der Waals surface area contributed by atoms with Crippen LogP contribution in [0.4, 0.5) is 11.5 Å². The number of nitrogen functional groups attached to an aromatic ring is 1. The van der Waals surface area contributed by atoms with Gasteiger partial charge in [0.15, 0.2) is 0 Å². The van der Waals surface area contributed by atoms with Crippen LogP contribution >= 0.6 is 0 Å². The third-order valence-electron chi connectivity index (χ3n) is 2.63. The Morgan fingerprint density at radius 2 is 2.00 bits per heavy atom. The van der Waals surface area contributed by atoms with Crippen molar-refractivity contribution in [2.24, 2.45) is 0 Å². The van der Waals surface area contributed by atoms with Crippen molar-refractivity contribution in [2.75, 3.05) is 11.1 Å². The number of pyridine rings is 2. The van der Waals surface area contributed by atoms with Gasteiger partial charge in [-0.25, -0.2) is 4.98 Å². The average Bonchev–Trinajstić information content (AvgIpc) is 2.32. The minimum absolute atomic E-state index is 0.550. The van der Waals surface area contributed by atoms with Crippen molar-refractivity contribution in [3.8, 4) is 0 Å². The van der Waals surface area contributed by atoms with Gasteiger partial charge in [0.1, 0.15) is 5.82 Å². The van der Waals surface area contributed by atoms with E-state index in [1.54, 1.807) is 6.20 Å². The van der Waals surface area contributed by atoms with Crippen molar-refractivity contribution in [2.45, 2.75) is 20.4 Å². The van der Waals surface area contributed by atoms with Gasteiger partial charge in [-0.05, 0) is 43.2 Å². The average molecular weight is 228 g/mol. The Morgan fingerprint density at radius 3 is 2.71 bits per heavy atom. The Morgan fingerprint density at radius 1 is 1.18 bits per heavy atom. The number of hydrogen-bond donors (Lipinski definition) is 2. The van der Waals surface area contributed by atoms with Gasteiger partial charge in [0.05, 0.1) is 11.9 Å². The van der Waals surface area contributed by atoms with Crippen molar-refractivity contribution in [3.63, 3.8) is 0 Å². The highest BCUT2D eigenvalue weighted by Crippen LogP contribution is 2.13. The molecule has 3 N–H and O–H groups in total. The molecular weight excluding hydrogens is 212 g/mol. The van der Waals surface area contributed by atoms with Crippen molar-refractivity contribution in [1.29, 1.82) is 0 Å². The van der Waals surface area contributed by atoms with Crippen LogP contribution in [0.25, 0.3) is 0 Å². The van der Waals surface area contributed by atoms with E-state index in [-0.39, 0.29) is 0 Å². The summed E-state index contributed by atoms with van der Waals surface area (Å²) in [6.07, 6.45) is 3.62. The fourth-order valence-electron chi connectivity index (χ4n) is 1.54. The molecule has 0 aromatic carbocycles. The predicted molar refractivity (Wildman–Crippen MR) is 69.7 cm³/mol. The molecule has 4 nitrogen and oxygen atoms in total. The number of rotatable bonds is 3. The summed E-state index contributed by atoms with van der Waals surface area (Å²) in [5, 5.41) is 3.31. The topological polar surface area (TPSA) is 63.8 Å². The second-order valence-electron chi connectivity index (χ2n) is 4.08. The first-order valence-corrected chi connectivity index (χ1v) is 5.52. The molecule has 0 saturated carbocycles. The smallest absolute Gasteiger partial charge is 0.123 e. The van der Waals surface area contributed by atoms with Crippen LogP contribution in [0.3, 0.4) is 0 Å². The van der Waals surface area contributed by atoms with Gasteiger partial charge in [-0.3, -0.25) is 4.98 Å². The minimum Gasteiger partial charge on any atom is -0.384 e. The first-order valence-electron chi connectivity index (χ1n) is 5.52. The quantitative estimate of drug-likeness (QED) is 0.846. The van der Waals surface area contributed by atoms with Gasteiger partial charge >= 0.3 is 0 Å². The van der Waals surface area contributed by atoms with Crippen molar-refractivity contribution in [1.82, 2.24) is 9.97 Å². The molecule has 0 aliphatic carbocycles. The van der Waals surface area contributed by atoms with E-state index in [0.29, 0.717) is 5.82 Å². The molecule has 0 bridgehead atoms. The molecule has 17 heavy (non-hydrogen) atoms. The molecule has 0 atom stereocenters. The minimum atomic E-state index is 0.550. The lowest BCUT2D eigenvalue weighted by atomic mass is 10.1. The Kier molecular flexibility index (Phi) is 3.23. The van der Waals surface area contributed by atoms with Gasteiger partial charge < -0.3 is 11.1 Å². The normalized spacial score (nSPS) is 10.2. The molecule has 0 saturated heterocycles. The van der Waals surface area contributed by atoms with Crippen LogP contribution in [-0.4, -0.2) is 9.97 Å². The number of anilines is 2. The Labute approximate surface area is 101 Å². The maximum atomic E-state index is 5.67. The summed E-state index contributed by atoms with van der Waals surface area (Å²) in [7, 11) is 0. The van der Waals surface area contributed by atoms with E-state index >= 15 is 0 Å². The zero-order valence-electron chi connectivity index (χ0n) is 10.1. The SMILES string of the molecule is Cc1ccc(NCc2cc(N)ncc2C)cn1. The summed E-state index contributed by atoms with van der Waals surface area (Å²) in [6, 6.07) is 5.89. The number of nitrogens with zero attached hydrogens (tertiary/aromatic N) is 2. The molecule has 0 aliphatic rings. The zero-order valence-corrected chi connectivity index (χ0v) is 10.1. The maximum absolute atomic E-state index is 5.67. The Balaban J connectivity index is 2.07. The second kappa shape index (κ2) is 4.82. The van der Waals surface area contributed by atoms with Crippen LogP contribution in [0.15, 0.2) is 30.6 Å². The highest BCUT2D eigenvalue weighted by molar-refractivity contribution is 5.44. The monoisotopic (exact) mass is 228 g/mol. The van der Waals surface area contributed by atoms with Crippen LogP contribution in [0.1, 0.15) is 16.8 Å². The van der Waals surface area contributed by atoms with Gasteiger partial charge in [-0.1, -0.05) is 0 Å². The third-order valence-corrected chi connectivity index (χ3v) is 2.63. The predicted octanol–water partition coefficient (Wildman–Crippen LogP) is 2.29. The Bertz CT molecular complexity index is 505. The van der Waals surface area contributed by atoms with Gasteiger partial charge in [0.2, 0.25) is 0 Å². The van der Waals surface area contributed by atoms with Gasteiger partial charge in [-0.15, -0.1) is 0 Å². The van der Waals surface area contributed by atoms with Gasteiger partial charge in [0.25, 0.3) is 0 Å². The van der Waals surface area contributed by atoms with Crippen molar-refractivity contribution >= 4 is 11.5 Å². The zero-order chi connectivity index (χ0) is 12.3. The van der Waals surface area contributed by atoms with Gasteiger partial charge in [0, 0.05) is 18.4 Å². The van der Waals surface area contributed by atoms with Crippen LogP contribution in [0, 0.1) is 13.8 Å². The van der Waals surface area contributed by atoms with E-state index in [9.17, 15) is 0 Å². The van der Waals surface area contributed by atoms with Crippen LogP contribution in [0.5, 0.6) is 0 Å². The molecule has 0 unspecified atom stereocenters. The maximum Gasteiger partial charge on any atom is 0.123 e. The number of nitrogens with one attached hydrogen (secondary N) is 1. The third kappa shape index (κ3) is 2.93. The summed E-state index contributed by atoms with van der Waals surface area (Å²) in [4.78, 5) is 8.28. The van der Waals surface area contributed by atoms with E-state index < -0.39 is 0 Å². The molecule has 2 aromatic rings. The number of nitrogens with two attached hydrogens (primary N) is 1. The molecule has 2 heterocycles. The highest BCUT2D eigenvalue weighted by atomic mass is 14.9. The number of aromatic nitrogens is 2. The lowest BCUT2D eigenvalue weighted by Gasteiger charge is -2.09. The van der Waals surface area contributed by atoms with Crippen molar-refractivity contribution < 1.29 is 0 Å². The van der Waals surface area contributed by atoms with E-state index in [2.05, 4.69) is 15.3 Å². The molecular formula is C13H16N4. The molecule has 88 valence electrons. The van der Waals surface area contributed by atoms with Gasteiger partial charge in [-0.2, -0.15) is 0 Å². The lowest BCUT2D eigenvalue weighted by Crippen LogP contribution is -2.03. The van der Waals surface area contributed by atoms with Crippen LogP contribution in [-0.2, 0) is 6.54 Å². The molecule has 0 amide bonds. The fraction of sp³-hybridized carbons (Fsp3) is 0.231. The second-order valence-corrected chi connectivity index (χ2v) is 4.08. The summed E-state index contributed by atoms with van der Waals surface area (Å²) in [6.45, 7) is 4.72. The first kappa shape index (κ1) is 11.4. The van der Waals surface area contributed by atoms with E-state index in [4.69, 9.17) is 5.73 Å². The largest absolute Gasteiger partial charge is 0.384 e. The molecule has 2 aromatic heterocycles. The lowest BCUT2D eigenvalue weighted by molar-refractivity contribution is 1.08. The fourth-order valence-corrected chi connectivity index (χ4v) is 1.54. The summed E-state index contributed by atoms with van der Waals surface area (Å²) < 4.78 is 0.